The first-order chi connectivity index (χ1) is 8.28. The van der Waals surface area contributed by atoms with Crippen molar-refractivity contribution in [2.24, 2.45) is 0 Å². The van der Waals surface area contributed by atoms with Crippen LogP contribution in [0.1, 0.15) is 11.1 Å². The van der Waals surface area contributed by atoms with Gasteiger partial charge in [0.15, 0.2) is 0 Å². The van der Waals surface area contributed by atoms with Crippen LogP contribution in [0.2, 0.25) is 5.15 Å². The summed E-state index contributed by atoms with van der Waals surface area (Å²) in [5.41, 5.74) is 2.00. The Bertz CT molecular complexity index is 502. The Hall–Kier alpha value is -1.58. The summed E-state index contributed by atoms with van der Waals surface area (Å²) < 4.78 is 0. The topological polar surface area (TPSA) is 45.1 Å². The number of aliphatic hydroxyl groups excluding tert-OH is 1. The van der Waals surface area contributed by atoms with Crippen LogP contribution in [0.5, 0.6) is 0 Å². The van der Waals surface area contributed by atoms with Crippen LogP contribution >= 0.6 is 11.6 Å². The Morgan fingerprint density at radius 3 is 2.65 bits per heavy atom. The fourth-order valence-corrected chi connectivity index (χ4v) is 1.70. The maximum absolute atomic E-state index is 9.03. The molecule has 0 aliphatic heterocycles. The second-order valence-corrected chi connectivity index (χ2v) is 4.06. The van der Waals surface area contributed by atoms with Crippen LogP contribution in [0.4, 0.5) is 5.82 Å². The highest BCUT2D eigenvalue weighted by Gasteiger charge is 1.97. The average Bonchev–Trinajstić information content (AvgIpc) is 2.37. The smallest absolute Gasteiger partial charge is 0.131 e. The average molecular weight is 249 g/mol. The lowest BCUT2D eigenvalue weighted by Crippen LogP contribution is -2.01. The van der Waals surface area contributed by atoms with E-state index >= 15 is 0 Å². The summed E-state index contributed by atoms with van der Waals surface area (Å²) in [4.78, 5) is 4.14. The van der Waals surface area contributed by atoms with E-state index in [-0.39, 0.29) is 6.61 Å². The quantitative estimate of drug-likeness (QED) is 0.818. The zero-order chi connectivity index (χ0) is 12.1. The third-order valence-corrected chi connectivity index (χ3v) is 2.57. The Morgan fingerprint density at radius 1 is 1.12 bits per heavy atom. The molecule has 0 atom stereocenters. The van der Waals surface area contributed by atoms with Crippen molar-refractivity contribution in [1.82, 2.24) is 4.98 Å². The fraction of sp³-hybridized carbons (Fsp3) is 0.154. The minimum absolute atomic E-state index is 0.0588. The summed E-state index contributed by atoms with van der Waals surface area (Å²) >= 11 is 5.79. The molecule has 2 rings (SSSR count). The number of nitrogens with one attached hydrogen (secondary N) is 1. The second kappa shape index (κ2) is 5.66. The number of aliphatic hydroxyl groups is 1. The summed E-state index contributed by atoms with van der Waals surface area (Å²) in [6, 6.07) is 13.2. The normalized spacial score (nSPS) is 10.2. The molecular formula is C13H13ClN2O. The first-order valence-corrected chi connectivity index (χ1v) is 5.71. The van der Waals surface area contributed by atoms with Crippen molar-refractivity contribution in [3.05, 3.63) is 58.7 Å². The molecule has 0 amide bonds. The number of nitrogens with zero attached hydrogens (tertiary/aromatic N) is 1. The number of hydrogen-bond donors (Lipinski definition) is 2. The molecule has 0 spiro atoms. The van der Waals surface area contributed by atoms with Gasteiger partial charge < -0.3 is 10.4 Å². The molecule has 0 saturated heterocycles. The van der Waals surface area contributed by atoms with Gasteiger partial charge in [0.2, 0.25) is 0 Å². The highest BCUT2D eigenvalue weighted by molar-refractivity contribution is 6.29. The third kappa shape index (κ3) is 3.44. The van der Waals surface area contributed by atoms with Gasteiger partial charge in [-0.2, -0.15) is 0 Å². The summed E-state index contributed by atoms with van der Waals surface area (Å²) in [6.07, 6.45) is 0. The van der Waals surface area contributed by atoms with Gasteiger partial charge in [0.05, 0.1) is 6.61 Å². The van der Waals surface area contributed by atoms with Crippen molar-refractivity contribution >= 4 is 17.4 Å². The standard InChI is InChI=1S/C13H13ClN2O/c14-12-5-2-6-13(16-12)15-8-10-3-1-4-11(7-10)9-17/h1-7,17H,8-9H2,(H,15,16). The molecule has 2 N–H and O–H groups in total. The van der Waals surface area contributed by atoms with Crippen LogP contribution < -0.4 is 5.32 Å². The predicted octanol–water partition coefficient (Wildman–Crippen LogP) is 2.84. The third-order valence-electron chi connectivity index (χ3n) is 2.36. The zero-order valence-corrected chi connectivity index (χ0v) is 9.98. The van der Waals surface area contributed by atoms with E-state index in [9.17, 15) is 0 Å². The van der Waals surface area contributed by atoms with Gasteiger partial charge in [-0.3, -0.25) is 0 Å². The van der Waals surface area contributed by atoms with Gasteiger partial charge in [0.25, 0.3) is 0 Å². The lowest BCUT2D eigenvalue weighted by molar-refractivity contribution is 0.281. The van der Waals surface area contributed by atoms with E-state index in [2.05, 4.69) is 10.3 Å². The summed E-state index contributed by atoms with van der Waals surface area (Å²) in [7, 11) is 0. The minimum Gasteiger partial charge on any atom is -0.392 e. The molecule has 1 aromatic heterocycles. The first kappa shape index (κ1) is 11.9. The van der Waals surface area contributed by atoms with Crippen molar-refractivity contribution in [2.75, 3.05) is 5.32 Å². The maximum Gasteiger partial charge on any atom is 0.131 e. The van der Waals surface area contributed by atoms with Crippen molar-refractivity contribution in [1.29, 1.82) is 0 Å². The van der Waals surface area contributed by atoms with Crippen molar-refractivity contribution in [3.8, 4) is 0 Å². The fourth-order valence-electron chi connectivity index (χ4n) is 1.54. The molecular weight excluding hydrogens is 236 g/mol. The summed E-state index contributed by atoms with van der Waals surface area (Å²) in [5.74, 6) is 0.743. The van der Waals surface area contributed by atoms with Crippen molar-refractivity contribution < 1.29 is 5.11 Å². The molecule has 1 aromatic carbocycles. The highest BCUT2D eigenvalue weighted by atomic mass is 35.5. The molecule has 0 bridgehead atoms. The van der Waals surface area contributed by atoms with E-state index in [1.807, 2.05) is 36.4 Å². The SMILES string of the molecule is OCc1cccc(CNc2cccc(Cl)n2)c1. The second-order valence-electron chi connectivity index (χ2n) is 3.68. The molecule has 0 unspecified atom stereocenters. The van der Waals surface area contributed by atoms with Crippen LogP contribution in [-0.4, -0.2) is 10.1 Å². The highest BCUT2D eigenvalue weighted by Crippen LogP contribution is 2.11. The largest absolute Gasteiger partial charge is 0.392 e. The van der Waals surface area contributed by atoms with E-state index in [4.69, 9.17) is 16.7 Å². The van der Waals surface area contributed by atoms with E-state index in [1.165, 1.54) is 0 Å². The molecule has 4 heteroatoms. The van der Waals surface area contributed by atoms with Crippen LogP contribution in [-0.2, 0) is 13.2 Å². The van der Waals surface area contributed by atoms with Crippen molar-refractivity contribution in [3.63, 3.8) is 0 Å². The number of pyridine rings is 1. The number of aromatic nitrogens is 1. The Morgan fingerprint density at radius 2 is 1.88 bits per heavy atom. The molecule has 3 nitrogen and oxygen atoms in total. The van der Waals surface area contributed by atoms with Crippen LogP contribution in [0.25, 0.3) is 0 Å². The molecule has 0 aliphatic rings. The van der Waals surface area contributed by atoms with Gasteiger partial charge in [-0.25, -0.2) is 4.98 Å². The van der Waals surface area contributed by atoms with Gasteiger partial charge in [-0.15, -0.1) is 0 Å². The lowest BCUT2D eigenvalue weighted by Gasteiger charge is -2.06. The molecule has 0 aliphatic carbocycles. The lowest BCUT2D eigenvalue weighted by atomic mass is 10.1. The van der Waals surface area contributed by atoms with Gasteiger partial charge in [0, 0.05) is 6.54 Å². The van der Waals surface area contributed by atoms with Crippen LogP contribution in [0, 0.1) is 0 Å². The molecule has 1 heterocycles. The van der Waals surface area contributed by atoms with Gasteiger partial charge in [0.1, 0.15) is 11.0 Å². The molecule has 0 radical (unpaired) electrons. The van der Waals surface area contributed by atoms with Crippen molar-refractivity contribution in [2.45, 2.75) is 13.2 Å². The van der Waals surface area contributed by atoms with E-state index in [0.29, 0.717) is 11.7 Å². The Labute approximate surface area is 105 Å². The monoisotopic (exact) mass is 248 g/mol. The number of halogens is 1. The molecule has 0 saturated carbocycles. The maximum atomic E-state index is 9.03. The zero-order valence-electron chi connectivity index (χ0n) is 9.23. The number of rotatable bonds is 4. The van der Waals surface area contributed by atoms with Crippen LogP contribution in [0.3, 0.4) is 0 Å². The minimum atomic E-state index is 0.0588. The number of anilines is 1. The number of hydrogen-bond acceptors (Lipinski definition) is 3. The molecule has 0 fully saturated rings. The molecule has 17 heavy (non-hydrogen) atoms. The van der Waals surface area contributed by atoms with Gasteiger partial charge in [-0.05, 0) is 23.3 Å². The number of benzene rings is 1. The molecule has 2 aromatic rings. The Kier molecular flexibility index (Phi) is 3.96. The van der Waals surface area contributed by atoms with Gasteiger partial charge >= 0.3 is 0 Å². The van der Waals surface area contributed by atoms with E-state index in [1.54, 1.807) is 6.07 Å². The molecule has 88 valence electrons. The van der Waals surface area contributed by atoms with Gasteiger partial charge in [-0.1, -0.05) is 41.9 Å². The summed E-state index contributed by atoms with van der Waals surface area (Å²) in [5, 5.41) is 12.7. The van der Waals surface area contributed by atoms with E-state index < -0.39 is 0 Å². The first-order valence-electron chi connectivity index (χ1n) is 5.33. The van der Waals surface area contributed by atoms with Crippen LogP contribution in [0.15, 0.2) is 42.5 Å². The Balaban J connectivity index is 2.02. The predicted molar refractivity (Wildman–Crippen MR) is 68.9 cm³/mol. The summed E-state index contributed by atoms with van der Waals surface area (Å²) in [6.45, 7) is 0.713. The van der Waals surface area contributed by atoms with E-state index in [0.717, 1.165) is 16.9 Å².